The Bertz CT molecular complexity index is 715. The number of hydrogen-bond donors (Lipinski definition) is 0. The Morgan fingerprint density at radius 2 is 2.25 bits per heavy atom. The first-order valence-corrected chi connectivity index (χ1v) is 7.97. The van der Waals surface area contributed by atoms with Gasteiger partial charge in [-0.2, -0.15) is 5.10 Å². The number of nitrogens with zero attached hydrogens (tertiary/aromatic N) is 5. The Morgan fingerprint density at radius 3 is 2.88 bits per heavy atom. The molecule has 7 nitrogen and oxygen atoms in total. The van der Waals surface area contributed by atoms with Crippen molar-refractivity contribution in [3.8, 4) is 5.69 Å². The van der Waals surface area contributed by atoms with Crippen molar-refractivity contribution < 1.29 is 9.63 Å². The summed E-state index contributed by atoms with van der Waals surface area (Å²) in [7, 11) is 1.48. The number of anilines is 1. The number of oxime groups is 1. The molecule has 2 heterocycles. The van der Waals surface area contributed by atoms with Crippen LogP contribution >= 0.6 is 11.6 Å². The van der Waals surface area contributed by atoms with Crippen LogP contribution in [0.25, 0.3) is 5.69 Å². The molecule has 0 unspecified atom stereocenters. The van der Waals surface area contributed by atoms with Gasteiger partial charge in [0.05, 0.1) is 23.8 Å². The number of carbonyl (C=O) groups excluding carboxylic acids is 1. The van der Waals surface area contributed by atoms with Gasteiger partial charge in [-0.25, -0.2) is 4.68 Å². The standard InChI is InChI=1S/C16H20ClN5O2/c1-4-21(15(23)8-7-12(2)20-24-3)14-11-22(19-16(14)17)13-6-5-9-18-10-13/h5-6,9-11H,4,7-8H2,1-3H3/b20-12-. The van der Waals surface area contributed by atoms with Crippen LogP contribution in [0.5, 0.6) is 0 Å². The number of rotatable bonds is 7. The number of pyridine rings is 1. The SMILES string of the molecule is CCN(C(=O)CC/C(C)=N\OC)c1cn(-c2cccnc2)nc1Cl. The van der Waals surface area contributed by atoms with Crippen LogP contribution < -0.4 is 4.90 Å². The predicted octanol–water partition coefficient (Wildman–Crippen LogP) is 3.08. The normalized spacial score (nSPS) is 11.4. The molecule has 2 rings (SSSR count). The van der Waals surface area contributed by atoms with Crippen LogP contribution in [-0.2, 0) is 9.63 Å². The fourth-order valence-corrected chi connectivity index (χ4v) is 2.48. The van der Waals surface area contributed by atoms with Gasteiger partial charge in [-0.1, -0.05) is 16.8 Å². The minimum atomic E-state index is -0.0456. The summed E-state index contributed by atoms with van der Waals surface area (Å²) in [6.07, 6.45) is 5.94. The lowest BCUT2D eigenvalue weighted by molar-refractivity contribution is -0.118. The number of amides is 1. The maximum Gasteiger partial charge on any atom is 0.227 e. The van der Waals surface area contributed by atoms with E-state index in [1.54, 1.807) is 28.2 Å². The van der Waals surface area contributed by atoms with Crippen molar-refractivity contribution >= 4 is 28.9 Å². The number of halogens is 1. The second-order valence-corrected chi connectivity index (χ2v) is 5.47. The summed E-state index contributed by atoms with van der Waals surface area (Å²) >= 11 is 6.23. The van der Waals surface area contributed by atoms with Gasteiger partial charge in [-0.3, -0.25) is 9.78 Å². The molecule has 1 amide bonds. The molecule has 0 bridgehead atoms. The summed E-state index contributed by atoms with van der Waals surface area (Å²) < 4.78 is 1.61. The van der Waals surface area contributed by atoms with Crippen LogP contribution in [0.1, 0.15) is 26.7 Å². The van der Waals surface area contributed by atoms with E-state index in [1.807, 2.05) is 26.0 Å². The van der Waals surface area contributed by atoms with Gasteiger partial charge in [-0.15, -0.1) is 0 Å². The first kappa shape index (κ1) is 17.9. The van der Waals surface area contributed by atoms with Gasteiger partial charge < -0.3 is 9.74 Å². The highest BCUT2D eigenvalue weighted by Crippen LogP contribution is 2.26. The van der Waals surface area contributed by atoms with Gasteiger partial charge in [-0.05, 0) is 32.4 Å². The minimum absolute atomic E-state index is 0.0456. The van der Waals surface area contributed by atoms with Crippen molar-refractivity contribution in [2.45, 2.75) is 26.7 Å². The summed E-state index contributed by atoms with van der Waals surface area (Å²) in [4.78, 5) is 22.9. The highest BCUT2D eigenvalue weighted by molar-refractivity contribution is 6.32. The van der Waals surface area contributed by atoms with Gasteiger partial charge in [0.1, 0.15) is 12.8 Å². The molecular weight excluding hydrogens is 330 g/mol. The highest BCUT2D eigenvalue weighted by atomic mass is 35.5. The maximum atomic E-state index is 12.5. The predicted molar refractivity (Wildman–Crippen MR) is 93.7 cm³/mol. The second kappa shape index (κ2) is 8.44. The molecule has 0 saturated carbocycles. The Balaban J connectivity index is 2.17. The zero-order valence-corrected chi connectivity index (χ0v) is 14.7. The lowest BCUT2D eigenvalue weighted by Crippen LogP contribution is -2.30. The molecule has 2 aromatic heterocycles. The zero-order valence-electron chi connectivity index (χ0n) is 13.9. The first-order chi connectivity index (χ1) is 11.6. The monoisotopic (exact) mass is 349 g/mol. The third kappa shape index (κ3) is 4.32. The molecule has 0 radical (unpaired) electrons. The van der Waals surface area contributed by atoms with Crippen LogP contribution in [0.15, 0.2) is 35.9 Å². The molecular formula is C16H20ClN5O2. The number of carbonyl (C=O) groups is 1. The summed E-state index contributed by atoms with van der Waals surface area (Å²) in [5.41, 5.74) is 2.12. The lowest BCUT2D eigenvalue weighted by atomic mass is 10.2. The van der Waals surface area contributed by atoms with E-state index in [2.05, 4.69) is 15.2 Å². The average Bonchev–Trinajstić information content (AvgIpc) is 2.96. The van der Waals surface area contributed by atoms with Gasteiger partial charge in [0.2, 0.25) is 5.91 Å². The quantitative estimate of drug-likeness (QED) is 0.568. The van der Waals surface area contributed by atoms with E-state index in [9.17, 15) is 4.79 Å². The molecule has 2 aromatic rings. The van der Waals surface area contributed by atoms with E-state index in [-0.39, 0.29) is 11.1 Å². The fourth-order valence-electron chi connectivity index (χ4n) is 2.25. The summed E-state index contributed by atoms with van der Waals surface area (Å²) in [6, 6.07) is 3.67. The molecule has 0 spiro atoms. The van der Waals surface area contributed by atoms with Gasteiger partial charge >= 0.3 is 0 Å². The van der Waals surface area contributed by atoms with Crippen molar-refractivity contribution in [3.05, 3.63) is 35.9 Å². The molecule has 8 heteroatoms. The lowest BCUT2D eigenvalue weighted by Gasteiger charge is -2.19. The van der Waals surface area contributed by atoms with Crippen LogP contribution in [-0.4, -0.2) is 40.0 Å². The summed E-state index contributed by atoms with van der Waals surface area (Å²) in [6.45, 7) is 4.21. The van der Waals surface area contributed by atoms with Gasteiger partial charge in [0.15, 0.2) is 5.15 Å². The molecule has 0 aliphatic heterocycles. The van der Waals surface area contributed by atoms with Crippen LogP contribution in [0.3, 0.4) is 0 Å². The highest BCUT2D eigenvalue weighted by Gasteiger charge is 2.20. The van der Waals surface area contributed by atoms with Gasteiger partial charge in [0.25, 0.3) is 0 Å². The Hall–Kier alpha value is -2.41. The summed E-state index contributed by atoms with van der Waals surface area (Å²) in [5.74, 6) is -0.0456. The Morgan fingerprint density at radius 1 is 1.46 bits per heavy atom. The smallest absolute Gasteiger partial charge is 0.227 e. The molecule has 0 saturated heterocycles. The molecule has 128 valence electrons. The Labute approximate surface area is 145 Å². The molecule has 24 heavy (non-hydrogen) atoms. The van der Waals surface area contributed by atoms with Crippen molar-refractivity contribution in [3.63, 3.8) is 0 Å². The first-order valence-electron chi connectivity index (χ1n) is 7.59. The van der Waals surface area contributed by atoms with Crippen molar-refractivity contribution in [2.24, 2.45) is 5.16 Å². The van der Waals surface area contributed by atoms with E-state index in [1.165, 1.54) is 7.11 Å². The van der Waals surface area contributed by atoms with Crippen molar-refractivity contribution in [1.82, 2.24) is 14.8 Å². The van der Waals surface area contributed by atoms with E-state index in [0.29, 0.717) is 25.1 Å². The maximum absolute atomic E-state index is 12.5. The fraction of sp³-hybridized carbons (Fsp3) is 0.375. The molecule has 0 aliphatic carbocycles. The largest absolute Gasteiger partial charge is 0.399 e. The van der Waals surface area contributed by atoms with Crippen molar-refractivity contribution in [2.75, 3.05) is 18.6 Å². The van der Waals surface area contributed by atoms with Gasteiger partial charge in [0, 0.05) is 19.2 Å². The van der Waals surface area contributed by atoms with E-state index in [4.69, 9.17) is 16.4 Å². The van der Waals surface area contributed by atoms with Crippen LogP contribution in [0, 0.1) is 0 Å². The molecule has 0 aliphatic rings. The molecule has 0 N–H and O–H groups in total. The van der Waals surface area contributed by atoms with Crippen LogP contribution in [0.2, 0.25) is 5.15 Å². The molecule has 0 atom stereocenters. The topological polar surface area (TPSA) is 72.6 Å². The molecule has 0 fully saturated rings. The van der Waals surface area contributed by atoms with E-state index < -0.39 is 0 Å². The third-order valence-electron chi connectivity index (χ3n) is 3.42. The Kier molecular flexibility index (Phi) is 6.31. The summed E-state index contributed by atoms with van der Waals surface area (Å²) in [5, 5.41) is 8.35. The van der Waals surface area contributed by atoms with E-state index >= 15 is 0 Å². The van der Waals surface area contributed by atoms with Crippen molar-refractivity contribution in [1.29, 1.82) is 0 Å². The number of hydrogen-bond acceptors (Lipinski definition) is 5. The molecule has 0 aromatic carbocycles. The second-order valence-electron chi connectivity index (χ2n) is 5.11. The average molecular weight is 350 g/mol. The number of aromatic nitrogens is 3. The van der Waals surface area contributed by atoms with Crippen LogP contribution in [0.4, 0.5) is 5.69 Å². The zero-order chi connectivity index (χ0) is 17.5. The third-order valence-corrected chi connectivity index (χ3v) is 3.69. The minimum Gasteiger partial charge on any atom is -0.399 e. The van der Waals surface area contributed by atoms with E-state index in [0.717, 1.165) is 11.4 Å².